The van der Waals surface area contributed by atoms with Crippen LogP contribution in [0.2, 0.25) is 0 Å². The summed E-state index contributed by atoms with van der Waals surface area (Å²) in [6.07, 6.45) is 0.604. The predicted octanol–water partition coefficient (Wildman–Crippen LogP) is 5.88. The zero-order chi connectivity index (χ0) is 22.4. The Morgan fingerprint density at radius 1 is 1.06 bits per heavy atom. The molecule has 0 radical (unpaired) electrons. The lowest BCUT2D eigenvalue weighted by molar-refractivity contribution is -0.383. The highest BCUT2D eigenvalue weighted by molar-refractivity contribution is 9.10. The largest absolute Gasteiger partial charge is 0.349 e. The minimum absolute atomic E-state index is 0.180. The van der Waals surface area contributed by atoms with Gasteiger partial charge in [-0.1, -0.05) is 35.0 Å². The number of anilines is 2. The number of hydrogen-bond acceptors (Lipinski definition) is 5. The van der Waals surface area contributed by atoms with Crippen LogP contribution in [0.1, 0.15) is 45.2 Å². The van der Waals surface area contributed by atoms with Crippen LogP contribution in [0.3, 0.4) is 0 Å². The molecule has 0 atom stereocenters. The second-order valence-corrected chi connectivity index (χ2v) is 8.39. The molecule has 8 heteroatoms. The van der Waals surface area contributed by atoms with Crippen molar-refractivity contribution >= 4 is 55.6 Å². The van der Waals surface area contributed by atoms with E-state index in [0.29, 0.717) is 28.4 Å². The minimum Gasteiger partial charge on any atom is -0.349 e. The van der Waals surface area contributed by atoms with E-state index in [2.05, 4.69) is 21.2 Å². The van der Waals surface area contributed by atoms with Gasteiger partial charge < -0.3 is 5.32 Å². The molecule has 1 heterocycles. The molecular formula is C23H20BrN3O4. The lowest BCUT2D eigenvalue weighted by atomic mass is 9.91. The quantitative estimate of drug-likeness (QED) is 0.279. The summed E-state index contributed by atoms with van der Waals surface area (Å²) in [5.41, 5.74) is 3.27. The topological polar surface area (TPSA) is 92.6 Å². The van der Waals surface area contributed by atoms with E-state index >= 15 is 0 Å². The number of amides is 2. The van der Waals surface area contributed by atoms with Crippen LogP contribution in [0, 0.1) is 24.0 Å². The molecule has 31 heavy (non-hydrogen) atoms. The summed E-state index contributed by atoms with van der Waals surface area (Å²) in [5, 5.41) is 16.1. The molecule has 0 spiro atoms. The van der Waals surface area contributed by atoms with E-state index in [1.165, 1.54) is 6.07 Å². The highest BCUT2D eigenvalue weighted by atomic mass is 79.9. The monoisotopic (exact) mass is 481 g/mol. The van der Waals surface area contributed by atoms with E-state index in [-0.39, 0.29) is 29.4 Å². The molecule has 3 aromatic carbocycles. The molecule has 0 saturated heterocycles. The Bertz CT molecular complexity index is 1290. The number of nitrogens with zero attached hydrogens (tertiary/aromatic N) is 2. The van der Waals surface area contributed by atoms with Crippen molar-refractivity contribution in [2.75, 3.05) is 11.9 Å². The van der Waals surface area contributed by atoms with Crippen molar-refractivity contribution in [2.24, 2.45) is 0 Å². The van der Waals surface area contributed by atoms with Crippen molar-refractivity contribution < 1.29 is 14.5 Å². The van der Waals surface area contributed by atoms with Crippen molar-refractivity contribution in [3.8, 4) is 0 Å². The molecule has 1 N–H and O–H groups in total. The van der Waals surface area contributed by atoms with Gasteiger partial charge in [0.1, 0.15) is 5.69 Å². The molecule has 1 aliphatic heterocycles. The Hall–Kier alpha value is -3.26. The molecule has 0 saturated carbocycles. The number of benzene rings is 3. The number of hydrogen-bond donors (Lipinski definition) is 1. The van der Waals surface area contributed by atoms with Crippen LogP contribution < -0.4 is 5.32 Å². The normalized spacial score (nSPS) is 13.1. The molecule has 0 unspecified atom stereocenters. The van der Waals surface area contributed by atoms with E-state index in [0.717, 1.165) is 20.5 Å². The van der Waals surface area contributed by atoms with Gasteiger partial charge in [-0.15, -0.1) is 0 Å². The summed E-state index contributed by atoms with van der Waals surface area (Å²) in [7, 11) is 0. The Morgan fingerprint density at radius 2 is 1.77 bits per heavy atom. The summed E-state index contributed by atoms with van der Waals surface area (Å²) in [6.45, 7) is 6.01. The van der Waals surface area contributed by atoms with Crippen LogP contribution in [0.4, 0.5) is 17.1 Å². The average Bonchev–Trinajstić information content (AvgIpc) is 2.75. The summed E-state index contributed by atoms with van der Waals surface area (Å²) in [6, 6.07) is 10.0. The van der Waals surface area contributed by atoms with Gasteiger partial charge in [0.05, 0.1) is 10.5 Å². The molecule has 0 aromatic heterocycles. The number of nitrogens with one attached hydrogen (secondary N) is 1. The molecule has 3 aromatic rings. The number of nitro groups is 1. The highest BCUT2D eigenvalue weighted by Gasteiger charge is 2.35. The molecule has 0 fully saturated rings. The fraction of sp³-hybridized carbons (Fsp3) is 0.217. The summed E-state index contributed by atoms with van der Waals surface area (Å²) >= 11 is 3.49. The van der Waals surface area contributed by atoms with Crippen molar-refractivity contribution in [3.05, 3.63) is 73.2 Å². The van der Waals surface area contributed by atoms with Gasteiger partial charge in [-0.25, -0.2) is 0 Å². The van der Waals surface area contributed by atoms with Crippen LogP contribution in [-0.2, 0) is 0 Å². The fourth-order valence-corrected chi connectivity index (χ4v) is 4.39. The Labute approximate surface area is 187 Å². The van der Waals surface area contributed by atoms with Crippen molar-refractivity contribution in [1.29, 1.82) is 0 Å². The maximum Gasteiger partial charge on any atom is 0.294 e. The Kier molecular flexibility index (Phi) is 5.26. The first-order valence-corrected chi connectivity index (χ1v) is 10.7. The highest BCUT2D eigenvalue weighted by Crippen LogP contribution is 2.42. The Balaban J connectivity index is 2.00. The SMILES string of the molecule is CCCN1C(=O)c2cccc3c(Nc4ccc(Br)c(C)c4C)c([N+](=O)[O-])cc(c23)C1=O. The summed E-state index contributed by atoms with van der Waals surface area (Å²) in [5.74, 6) is -0.874. The number of rotatable bonds is 5. The van der Waals surface area contributed by atoms with Gasteiger partial charge in [-0.3, -0.25) is 24.6 Å². The van der Waals surface area contributed by atoms with Crippen LogP contribution in [-0.4, -0.2) is 28.2 Å². The lowest BCUT2D eigenvalue weighted by Gasteiger charge is -2.27. The van der Waals surface area contributed by atoms with Gasteiger partial charge in [0, 0.05) is 39.1 Å². The second-order valence-electron chi connectivity index (χ2n) is 7.54. The van der Waals surface area contributed by atoms with Gasteiger partial charge >= 0.3 is 0 Å². The van der Waals surface area contributed by atoms with E-state index in [1.54, 1.807) is 18.2 Å². The zero-order valence-electron chi connectivity index (χ0n) is 17.3. The number of carbonyl (C=O) groups excluding carboxylic acids is 2. The molecule has 2 amide bonds. The van der Waals surface area contributed by atoms with Crippen molar-refractivity contribution in [1.82, 2.24) is 4.90 Å². The molecule has 1 aliphatic rings. The third-order valence-corrected chi connectivity index (χ3v) is 6.58. The first kappa shape index (κ1) is 21.0. The first-order valence-electron chi connectivity index (χ1n) is 9.89. The minimum atomic E-state index is -0.500. The maximum absolute atomic E-state index is 13.0. The van der Waals surface area contributed by atoms with Crippen LogP contribution in [0.25, 0.3) is 10.8 Å². The average molecular weight is 482 g/mol. The van der Waals surface area contributed by atoms with Crippen LogP contribution >= 0.6 is 15.9 Å². The Morgan fingerprint density at radius 3 is 2.45 bits per heavy atom. The van der Waals surface area contributed by atoms with Crippen LogP contribution in [0.15, 0.2) is 40.9 Å². The fourth-order valence-electron chi connectivity index (χ4n) is 3.96. The molecule has 7 nitrogen and oxygen atoms in total. The van der Waals surface area contributed by atoms with E-state index in [9.17, 15) is 19.7 Å². The number of halogens is 1. The maximum atomic E-state index is 13.0. The van der Waals surface area contributed by atoms with Crippen LogP contribution in [0.5, 0.6) is 0 Å². The van der Waals surface area contributed by atoms with Gasteiger partial charge in [0.25, 0.3) is 17.5 Å². The van der Waals surface area contributed by atoms with Crippen molar-refractivity contribution in [3.63, 3.8) is 0 Å². The van der Waals surface area contributed by atoms with Crippen molar-refractivity contribution in [2.45, 2.75) is 27.2 Å². The molecular weight excluding hydrogens is 462 g/mol. The standard InChI is InChI=1S/C23H20BrN3O4/c1-4-10-26-22(28)15-7-5-6-14-20(15)16(23(26)29)11-19(27(30)31)21(14)25-18-9-8-17(24)12(2)13(18)3/h5-9,11,25H,4,10H2,1-3H3. The van der Waals surface area contributed by atoms with Gasteiger partial charge in [-0.2, -0.15) is 0 Å². The molecule has 0 bridgehead atoms. The number of carbonyl (C=O) groups is 2. The molecule has 158 valence electrons. The smallest absolute Gasteiger partial charge is 0.294 e. The van der Waals surface area contributed by atoms with Gasteiger partial charge in [0.2, 0.25) is 0 Å². The van der Waals surface area contributed by atoms with Gasteiger partial charge in [-0.05, 0) is 49.6 Å². The molecule has 4 rings (SSSR count). The summed E-state index contributed by atoms with van der Waals surface area (Å²) in [4.78, 5) is 38.7. The van der Waals surface area contributed by atoms with E-state index in [4.69, 9.17) is 0 Å². The zero-order valence-corrected chi connectivity index (χ0v) is 18.9. The first-order chi connectivity index (χ1) is 14.8. The molecule has 0 aliphatic carbocycles. The van der Waals surface area contributed by atoms with E-state index in [1.807, 2.05) is 32.9 Å². The number of nitro benzene ring substituents is 1. The second kappa shape index (κ2) is 7.77. The third kappa shape index (κ3) is 3.27. The van der Waals surface area contributed by atoms with E-state index < -0.39 is 10.8 Å². The summed E-state index contributed by atoms with van der Waals surface area (Å²) < 4.78 is 0.939. The lowest BCUT2D eigenvalue weighted by Crippen LogP contribution is -2.40. The third-order valence-electron chi connectivity index (χ3n) is 5.72. The van der Waals surface area contributed by atoms with Gasteiger partial charge in [0.15, 0.2) is 0 Å². The number of imide groups is 1. The predicted molar refractivity (Wildman–Crippen MR) is 123 cm³/mol.